The number of halogens is 3. The zero-order valence-corrected chi connectivity index (χ0v) is 20.6. The molecule has 3 rings (SSSR count). The van der Waals surface area contributed by atoms with Gasteiger partial charge in [0.25, 0.3) is 5.91 Å². The first-order valence-corrected chi connectivity index (χ1v) is 11.7. The number of nitrogens with zero attached hydrogens (tertiary/aromatic N) is 2. The lowest BCUT2D eigenvalue weighted by Gasteiger charge is -2.30. The van der Waals surface area contributed by atoms with Crippen LogP contribution in [0.15, 0.2) is 24.3 Å². The van der Waals surface area contributed by atoms with Crippen molar-refractivity contribution < 1.29 is 32.3 Å². The number of alkyl halides is 3. The van der Waals surface area contributed by atoms with Crippen molar-refractivity contribution in [3.8, 4) is 0 Å². The third-order valence-corrected chi connectivity index (χ3v) is 6.59. The van der Waals surface area contributed by atoms with Gasteiger partial charge in [0.1, 0.15) is 10.4 Å². The Kier molecular flexibility index (Phi) is 7.85. The second-order valence-electron chi connectivity index (χ2n) is 8.84. The molecule has 0 bridgehead atoms. The fraction of sp³-hybridized carbons (Fsp3) is 0.478. The van der Waals surface area contributed by atoms with Crippen molar-refractivity contribution in [2.45, 2.75) is 51.4 Å². The molecule has 1 aliphatic rings. The quantitative estimate of drug-likeness (QED) is 0.541. The number of ether oxygens (including phenoxy) is 1. The number of thiazole rings is 1. The molecule has 0 radical (unpaired) electrons. The van der Waals surface area contributed by atoms with E-state index in [-0.39, 0.29) is 11.6 Å². The minimum absolute atomic E-state index is 0.0754. The summed E-state index contributed by atoms with van der Waals surface area (Å²) in [6, 6.07) is 5.50. The van der Waals surface area contributed by atoms with E-state index in [9.17, 15) is 27.6 Å². The van der Waals surface area contributed by atoms with Crippen LogP contribution in [0.3, 0.4) is 0 Å². The molecule has 1 fully saturated rings. The molecular weight excluding hydrogens is 485 g/mol. The number of rotatable bonds is 7. The summed E-state index contributed by atoms with van der Waals surface area (Å²) in [7, 11) is 1.53. The van der Waals surface area contributed by atoms with Gasteiger partial charge < -0.3 is 15.0 Å². The lowest BCUT2D eigenvalue weighted by Crippen LogP contribution is -2.57. The van der Waals surface area contributed by atoms with Gasteiger partial charge in [-0.3, -0.25) is 14.9 Å². The minimum Gasteiger partial charge on any atom is -0.383 e. The van der Waals surface area contributed by atoms with Crippen LogP contribution in [-0.4, -0.2) is 59.4 Å². The molecule has 0 aliphatic carbocycles. The van der Waals surface area contributed by atoms with Crippen LogP contribution in [-0.2, 0) is 15.7 Å². The Hall–Kier alpha value is -2.99. The average molecular weight is 513 g/mol. The maximum atomic E-state index is 13.6. The summed E-state index contributed by atoms with van der Waals surface area (Å²) in [5.74, 6) is -1.62. The maximum absolute atomic E-state index is 13.6. The van der Waals surface area contributed by atoms with E-state index in [0.717, 1.165) is 18.4 Å². The van der Waals surface area contributed by atoms with Crippen LogP contribution in [0.4, 0.5) is 23.1 Å². The number of anilines is 1. The van der Waals surface area contributed by atoms with Crippen molar-refractivity contribution in [3.63, 3.8) is 0 Å². The number of aromatic nitrogens is 1. The van der Waals surface area contributed by atoms with Gasteiger partial charge in [-0.1, -0.05) is 41.2 Å². The second kappa shape index (κ2) is 10.3. The van der Waals surface area contributed by atoms with Gasteiger partial charge in [-0.15, -0.1) is 0 Å². The number of nitrogens with one attached hydrogen (secondary N) is 2. The average Bonchev–Trinajstić information content (AvgIpc) is 3.41. The number of aryl methyl sites for hydroxylation is 1. The number of carbonyl (C=O) groups is 3. The van der Waals surface area contributed by atoms with E-state index in [1.807, 2.05) is 0 Å². The summed E-state index contributed by atoms with van der Waals surface area (Å²) in [4.78, 5) is 42.8. The normalized spacial score (nSPS) is 16.3. The zero-order valence-electron chi connectivity index (χ0n) is 19.8. The first kappa shape index (κ1) is 26.6. The molecule has 2 heterocycles. The molecule has 1 aromatic carbocycles. The highest BCUT2D eigenvalue weighted by atomic mass is 32.1. The number of amides is 3. The van der Waals surface area contributed by atoms with Crippen LogP contribution in [0.1, 0.15) is 53.2 Å². The Morgan fingerprint density at radius 1 is 1.20 bits per heavy atom. The van der Waals surface area contributed by atoms with Crippen molar-refractivity contribution >= 4 is 34.2 Å². The van der Waals surface area contributed by atoms with Crippen LogP contribution < -0.4 is 10.6 Å². The molecule has 8 nitrogen and oxygen atoms in total. The first-order valence-electron chi connectivity index (χ1n) is 10.9. The summed E-state index contributed by atoms with van der Waals surface area (Å²) >= 11 is 0.437. The van der Waals surface area contributed by atoms with Gasteiger partial charge in [0, 0.05) is 19.2 Å². The van der Waals surface area contributed by atoms with E-state index in [2.05, 4.69) is 15.6 Å². The van der Waals surface area contributed by atoms with Gasteiger partial charge in [-0.25, -0.2) is 9.78 Å². The monoisotopic (exact) mass is 512 g/mol. The van der Waals surface area contributed by atoms with Crippen LogP contribution in [0, 0.1) is 6.92 Å². The number of likely N-dealkylation sites (tertiary alicyclic amines) is 1. The summed E-state index contributed by atoms with van der Waals surface area (Å²) in [5.41, 5.74) is -1.92. The number of carbonyl (C=O) groups excluding carboxylic acids is 3. The standard InChI is InChI=1S/C23H27F3N4O4S/c1-13-7-9-14(10-8-13)16(31)17-18(23(24,25)26)27-20(35-17)28-19(32)22(2,3)29-21(33)30-11-5-6-15(30)12-34-4/h7-10,15H,5-6,11-12H2,1-4H3,(H,29,33)(H,27,28,32). The van der Waals surface area contributed by atoms with Crippen molar-refractivity contribution in [3.05, 3.63) is 46.0 Å². The van der Waals surface area contributed by atoms with E-state index in [1.165, 1.54) is 33.1 Å². The third-order valence-electron chi connectivity index (χ3n) is 5.62. The van der Waals surface area contributed by atoms with E-state index in [1.54, 1.807) is 24.0 Å². The van der Waals surface area contributed by atoms with Crippen molar-refractivity contribution in [1.82, 2.24) is 15.2 Å². The Balaban J connectivity index is 1.78. The molecule has 1 atom stereocenters. The molecule has 12 heteroatoms. The van der Waals surface area contributed by atoms with E-state index in [4.69, 9.17) is 4.74 Å². The van der Waals surface area contributed by atoms with Crippen molar-refractivity contribution in [1.29, 1.82) is 0 Å². The maximum Gasteiger partial charge on any atom is 0.435 e. The molecular formula is C23H27F3N4O4S. The van der Waals surface area contributed by atoms with Crippen LogP contribution >= 0.6 is 11.3 Å². The smallest absolute Gasteiger partial charge is 0.383 e. The van der Waals surface area contributed by atoms with Gasteiger partial charge in [0.2, 0.25) is 5.78 Å². The van der Waals surface area contributed by atoms with Crippen LogP contribution in [0.5, 0.6) is 0 Å². The number of methoxy groups -OCH3 is 1. The molecule has 35 heavy (non-hydrogen) atoms. The Morgan fingerprint density at radius 2 is 1.86 bits per heavy atom. The fourth-order valence-electron chi connectivity index (χ4n) is 3.67. The molecule has 0 saturated carbocycles. The summed E-state index contributed by atoms with van der Waals surface area (Å²) < 4.78 is 46.0. The molecule has 2 N–H and O–H groups in total. The highest BCUT2D eigenvalue weighted by molar-refractivity contribution is 7.18. The number of ketones is 1. The number of urea groups is 1. The molecule has 190 valence electrons. The highest BCUT2D eigenvalue weighted by Gasteiger charge is 2.41. The first-order chi connectivity index (χ1) is 16.3. The van der Waals surface area contributed by atoms with E-state index < -0.39 is 45.1 Å². The molecule has 2 aromatic rings. The van der Waals surface area contributed by atoms with Crippen LogP contribution in [0.25, 0.3) is 0 Å². The Labute approximate surface area is 204 Å². The third kappa shape index (κ3) is 6.17. The predicted octanol–water partition coefficient (Wildman–Crippen LogP) is 4.24. The van der Waals surface area contributed by atoms with Crippen molar-refractivity contribution in [2.75, 3.05) is 25.6 Å². The lowest BCUT2D eigenvalue weighted by molar-refractivity contribution is -0.141. The van der Waals surface area contributed by atoms with Gasteiger partial charge in [-0.2, -0.15) is 13.2 Å². The highest BCUT2D eigenvalue weighted by Crippen LogP contribution is 2.37. The predicted molar refractivity (Wildman–Crippen MR) is 125 cm³/mol. The number of hydrogen-bond acceptors (Lipinski definition) is 6. The summed E-state index contributed by atoms with van der Waals surface area (Å²) in [6.07, 6.45) is -3.33. The largest absolute Gasteiger partial charge is 0.435 e. The SMILES string of the molecule is COCC1CCCN1C(=O)NC(C)(C)C(=O)Nc1nc(C(F)(F)F)c(C(=O)c2ccc(C)cc2)s1. The topological polar surface area (TPSA) is 101 Å². The lowest BCUT2D eigenvalue weighted by atomic mass is 10.1. The van der Waals surface area contributed by atoms with E-state index >= 15 is 0 Å². The molecule has 1 aliphatic heterocycles. The van der Waals surface area contributed by atoms with Crippen LogP contribution in [0.2, 0.25) is 0 Å². The molecule has 1 saturated heterocycles. The van der Waals surface area contributed by atoms with Gasteiger partial charge in [0.15, 0.2) is 10.8 Å². The van der Waals surface area contributed by atoms with Gasteiger partial charge >= 0.3 is 12.2 Å². The molecule has 0 spiro atoms. The fourth-order valence-corrected chi connectivity index (χ4v) is 4.62. The molecule has 1 unspecified atom stereocenters. The Bertz CT molecular complexity index is 1100. The zero-order chi connectivity index (χ0) is 26.0. The minimum atomic E-state index is -4.90. The molecule has 3 amide bonds. The summed E-state index contributed by atoms with van der Waals surface area (Å²) in [6.45, 7) is 5.51. The van der Waals surface area contributed by atoms with Gasteiger partial charge in [-0.05, 0) is 33.6 Å². The molecule has 1 aromatic heterocycles. The Morgan fingerprint density at radius 3 is 2.46 bits per heavy atom. The van der Waals surface area contributed by atoms with E-state index in [0.29, 0.717) is 24.5 Å². The van der Waals surface area contributed by atoms with Crippen molar-refractivity contribution in [2.24, 2.45) is 0 Å². The number of hydrogen-bond donors (Lipinski definition) is 2. The second-order valence-corrected chi connectivity index (χ2v) is 9.84. The summed E-state index contributed by atoms with van der Waals surface area (Å²) in [5, 5.41) is 4.55. The van der Waals surface area contributed by atoms with Gasteiger partial charge in [0.05, 0.1) is 12.6 Å². The number of benzene rings is 1.